The van der Waals surface area contributed by atoms with Crippen LogP contribution in [-0.4, -0.2) is 221 Å². The Morgan fingerprint density at radius 1 is 0.359 bits per heavy atom. The van der Waals surface area contributed by atoms with E-state index in [0.29, 0.717) is 81.2 Å². The second-order valence-corrected chi connectivity index (χ2v) is 35.8. The molecule has 36 nitrogen and oxygen atoms in total. The molecule has 0 aliphatic carbocycles. The zero-order valence-electron chi connectivity index (χ0n) is 78.5. The predicted octanol–water partition coefficient (Wildman–Crippen LogP) is 18.0. The van der Waals surface area contributed by atoms with Gasteiger partial charge < -0.3 is 61.2 Å². The molecule has 0 atom stereocenters. The lowest BCUT2D eigenvalue weighted by Gasteiger charge is -2.15. The zero-order chi connectivity index (χ0) is 97.9. The van der Waals surface area contributed by atoms with Gasteiger partial charge >= 0.3 is 6.03 Å². The lowest BCUT2D eigenvalue weighted by molar-refractivity contribution is -0.119. The highest BCUT2D eigenvalue weighted by Gasteiger charge is 2.29. The van der Waals surface area contributed by atoms with E-state index in [1.807, 2.05) is 175 Å². The SMILES string of the molecule is CC(C)C(=O)Nc1cncc(-c2cnc3n[nH]c(-c4cc5c(C(=O)N6CCCC6)cccc5[nH]4)c3c2)c1.CCC(=O)Cc1ccc(-c2cnc3n[nH]c(-c4cc5c(C(=O)N6CCCC6)cccc5[nH]4)c3c2)cn1.CCC(=O)Nc1cncc(-c2cnc3n[nH]c(-c4cc5c(C(=O)N6CCCC6)cccc5[nH]4)c3c2)c1.CN(C)C(=O)Nc1cncc(-c2cnc3n[nH]c(-c4cc5c(C(N)=O)cccc5[nH]4)c3c2)c1. The van der Waals surface area contributed by atoms with Crippen LogP contribution in [0.25, 0.3) is 178 Å². The Balaban J connectivity index is 0.000000116. The van der Waals surface area contributed by atoms with Crippen LogP contribution in [0.1, 0.15) is 126 Å². The summed E-state index contributed by atoms with van der Waals surface area (Å²) in [5, 5.41) is 45.1. The van der Waals surface area contributed by atoms with Crippen molar-refractivity contribution in [2.24, 2.45) is 11.7 Å². The van der Waals surface area contributed by atoms with E-state index in [1.54, 1.807) is 101 Å². The van der Waals surface area contributed by atoms with Crippen molar-refractivity contribution in [2.45, 2.75) is 85.5 Å². The van der Waals surface area contributed by atoms with Crippen molar-refractivity contribution in [2.75, 3.05) is 69.3 Å². The van der Waals surface area contributed by atoms with Gasteiger partial charge in [0.25, 0.3) is 17.7 Å². The van der Waals surface area contributed by atoms with E-state index in [0.717, 1.165) is 239 Å². The number of nitrogens with two attached hydrogens (primary N) is 1. The number of H-pyrrole nitrogens is 8. The van der Waals surface area contributed by atoms with E-state index in [-0.39, 0.29) is 47.3 Å². The van der Waals surface area contributed by atoms with E-state index >= 15 is 0 Å². The Labute approximate surface area is 810 Å². The molecule has 13 N–H and O–H groups in total. The number of hydrogen-bond acceptors (Lipinski definition) is 20. The van der Waals surface area contributed by atoms with Crippen LogP contribution in [0.2, 0.25) is 0 Å². The minimum atomic E-state index is -0.488. The molecule has 19 heterocycles. The fourth-order valence-corrected chi connectivity index (χ4v) is 18.1. The third-order valence-electron chi connectivity index (χ3n) is 25.7. The van der Waals surface area contributed by atoms with Gasteiger partial charge in [-0.2, -0.15) is 20.4 Å². The summed E-state index contributed by atoms with van der Waals surface area (Å²) in [6, 6.07) is 47.8. The fourth-order valence-electron chi connectivity index (χ4n) is 18.1. The largest absolute Gasteiger partial charge is 0.366 e. The van der Waals surface area contributed by atoms with Gasteiger partial charge in [-0.15, -0.1) is 0 Å². The first-order valence-electron chi connectivity index (χ1n) is 47.0. The highest BCUT2D eigenvalue weighted by molar-refractivity contribution is 6.13. The van der Waals surface area contributed by atoms with Gasteiger partial charge in [0.1, 0.15) is 5.78 Å². The van der Waals surface area contributed by atoms with Crippen LogP contribution in [0.5, 0.6) is 0 Å². The number of rotatable bonds is 20. The molecule has 20 aromatic rings. The molecule has 16 aromatic heterocycles. The number of ketones is 1. The molecule has 3 aliphatic rings. The molecular formula is C106H98N28O8. The van der Waals surface area contributed by atoms with Crippen LogP contribution < -0.4 is 21.7 Å². The van der Waals surface area contributed by atoms with Crippen LogP contribution in [0, 0.1) is 5.92 Å². The number of likely N-dealkylation sites (tertiary alicyclic amines) is 3. The van der Waals surface area contributed by atoms with Crippen LogP contribution in [0.4, 0.5) is 21.9 Å². The molecule has 710 valence electrons. The van der Waals surface area contributed by atoms with Gasteiger partial charge in [-0.25, -0.2) is 24.7 Å². The average molecular weight is 1890 g/mol. The first-order valence-corrected chi connectivity index (χ1v) is 47.0. The minimum Gasteiger partial charge on any atom is -0.366 e. The normalized spacial score (nSPS) is 13.0. The third kappa shape index (κ3) is 18.9. The Morgan fingerprint density at radius 3 is 1.01 bits per heavy atom. The number of carbonyl (C=O) groups excluding carboxylic acids is 8. The number of Topliss-reactive ketones (excluding diaryl/α,β-unsaturated/α-hetero) is 1. The lowest BCUT2D eigenvalue weighted by atomic mass is 10.1. The summed E-state index contributed by atoms with van der Waals surface area (Å²) in [7, 11) is 3.34. The van der Waals surface area contributed by atoms with Crippen molar-refractivity contribution in [3.05, 3.63) is 248 Å². The molecule has 0 bridgehead atoms. The molecule has 0 spiro atoms. The van der Waals surface area contributed by atoms with Crippen molar-refractivity contribution in [1.29, 1.82) is 0 Å². The first kappa shape index (κ1) is 91.6. The third-order valence-corrected chi connectivity index (χ3v) is 25.7. The minimum absolute atomic E-state index is 0.0639. The molecule has 0 unspecified atom stereocenters. The van der Waals surface area contributed by atoms with Crippen LogP contribution >= 0.6 is 0 Å². The van der Waals surface area contributed by atoms with E-state index in [9.17, 15) is 38.4 Å². The van der Waals surface area contributed by atoms with Gasteiger partial charge in [-0.1, -0.05) is 58.0 Å². The quantitative estimate of drug-likeness (QED) is 0.0337. The van der Waals surface area contributed by atoms with Gasteiger partial charge in [0, 0.05) is 266 Å². The maximum atomic E-state index is 13.2. The lowest BCUT2D eigenvalue weighted by Crippen LogP contribution is -2.27. The summed E-state index contributed by atoms with van der Waals surface area (Å²) < 4.78 is 0. The monoisotopic (exact) mass is 1890 g/mol. The fraction of sp³-hybridized carbons (Fsp3) is 0.208. The van der Waals surface area contributed by atoms with Crippen LogP contribution in [0.3, 0.4) is 0 Å². The van der Waals surface area contributed by atoms with Gasteiger partial charge in [0.15, 0.2) is 22.6 Å². The van der Waals surface area contributed by atoms with Gasteiger partial charge in [0.05, 0.1) is 81.2 Å². The van der Waals surface area contributed by atoms with Crippen molar-refractivity contribution in [3.63, 3.8) is 0 Å². The van der Waals surface area contributed by atoms with Crippen LogP contribution in [0.15, 0.2) is 220 Å². The van der Waals surface area contributed by atoms with Crippen molar-refractivity contribution >= 4 is 152 Å². The molecule has 3 aliphatic heterocycles. The molecular weight excluding hydrogens is 1790 g/mol. The Kier molecular flexibility index (Phi) is 25.5. The summed E-state index contributed by atoms with van der Waals surface area (Å²) >= 11 is 0. The number of carbonyl (C=O) groups is 8. The summed E-state index contributed by atoms with van der Waals surface area (Å²) in [5.41, 5.74) is 29.7. The molecule has 4 aromatic carbocycles. The number of anilines is 3. The van der Waals surface area contributed by atoms with Crippen molar-refractivity contribution < 1.29 is 38.4 Å². The topological polar surface area (TPSA) is 493 Å². The average Bonchev–Trinajstić information content (AvgIpc) is 1.63. The van der Waals surface area contributed by atoms with E-state index < -0.39 is 5.91 Å². The highest BCUT2D eigenvalue weighted by Crippen LogP contribution is 2.40. The van der Waals surface area contributed by atoms with E-state index in [4.69, 9.17) is 5.73 Å². The number of primary amides is 1. The maximum absolute atomic E-state index is 13.2. The Hall–Kier alpha value is -18.1. The number of aromatic amines is 8. The van der Waals surface area contributed by atoms with Gasteiger partial charge in [0.2, 0.25) is 17.7 Å². The zero-order valence-corrected chi connectivity index (χ0v) is 78.5. The Bertz CT molecular complexity index is 8300. The van der Waals surface area contributed by atoms with E-state index in [2.05, 4.69) is 117 Å². The Morgan fingerprint density at radius 2 is 0.683 bits per heavy atom. The molecule has 142 heavy (non-hydrogen) atoms. The number of hydrogen-bond donors (Lipinski definition) is 12. The number of amides is 8. The maximum Gasteiger partial charge on any atom is 0.321 e. The van der Waals surface area contributed by atoms with Gasteiger partial charge in [-0.3, -0.25) is 73.9 Å². The summed E-state index contributed by atoms with van der Waals surface area (Å²) in [5.74, 6) is -0.347. The summed E-state index contributed by atoms with van der Waals surface area (Å²) in [4.78, 5) is 155. The number of aromatic nitrogens is 20. The van der Waals surface area contributed by atoms with Crippen LogP contribution in [-0.2, 0) is 20.8 Å². The number of nitrogens with zero attached hydrogens (tertiary/aromatic N) is 16. The van der Waals surface area contributed by atoms with Crippen molar-refractivity contribution in [1.82, 2.24) is 120 Å². The highest BCUT2D eigenvalue weighted by atomic mass is 16.2. The molecule has 36 heteroatoms. The molecule has 23 rings (SSSR count). The number of fused-ring (bicyclic) bond motifs is 8. The number of pyridine rings is 8. The summed E-state index contributed by atoms with van der Waals surface area (Å²) in [6.07, 6.45) is 26.4. The molecule has 0 saturated carbocycles. The number of nitrogens with one attached hydrogen (secondary N) is 11. The number of urea groups is 1. The molecule has 0 radical (unpaired) electrons. The summed E-state index contributed by atoms with van der Waals surface area (Å²) in [6.45, 7) is 12.2. The molecule has 3 saturated heterocycles. The van der Waals surface area contributed by atoms with Crippen molar-refractivity contribution in [3.8, 4) is 90.1 Å². The smallest absolute Gasteiger partial charge is 0.321 e. The predicted molar refractivity (Wildman–Crippen MR) is 546 cm³/mol. The second kappa shape index (κ2) is 39.5. The molecule has 3 fully saturated rings. The standard InChI is InChI=1S/C28H27N7O2.C28H26N6O2.C27H25N7O2.C23H20N8O2/c1-16(2)27(36)31-19-10-17(13-29-15-19)18-11-22-25(33-34-26(22)30-14-18)24-12-21-20(6-5-7-23(21)32-24)28(37)35-8-3-4-9-35;1-2-20(35)13-19-9-8-17(15-29-19)18-12-23-26(32-33-27(23)30-16-18)25-14-22-21(6-5-7-24(22)31-25)28(36)34-10-3-4-11-34;1-2-24(35)30-18-10-16(13-28-15-18)17-11-21-25(32-33-26(21)29-14-17)23-12-20-19(6-5-7-22(20)31-23)27(36)34-8-3-4-9-34;1-31(2)23(33)27-14-6-12(9-25-11-14)13-7-17-20(29-30-22(17)26-10-13)19-8-16-15(21(24)32)4-3-5-18(16)28-19/h5-7,10-16,32H,3-4,8-9H2,1-2H3,(H,31,36)(H,30,33,34);5-9,12,14-16,31H,2-4,10-11,13H2,1H3,(H,30,32,33);5-7,10-15,31H,2-4,8-9H2,1H3,(H,30,35)(H,29,32,33);3-11,28H,1-2H3,(H2,24,32)(H,27,33)(H,26,29,30). The van der Waals surface area contributed by atoms with E-state index in [1.165, 1.54) is 4.90 Å². The first-order chi connectivity index (χ1) is 69.1. The van der Waals surface area contributed by atoms with Gasteiger partial charge in [-0.05, 0) is 160 Å². The number of benzene rings is 4. The molecule has 8 amide bonds. The second-order valence-electron chi connectivity index (χ2n) is 35.8.